The number of benzene rings is 4. The molecule has 4 aromatic carbocycles. The van der Waals surface area contributed by atoms with E-state index in [9.17, 15) is 0 Å². The summed E-state index contributed by atoms with van der Waals surface area (Å²) in [5, 5.41) is 0. The van der Waals surface area contributed by atoms with Crippen LogP contribution in [0.2, 0.25) is 0 Å². The Morgan fingerprint density at radius 1 is 0.429 bits per heavy atom. The average molecular weight is 360 g/mol. The first-order valence-corrected chi connectivity index (χ1v) is 9.81. The number of nitrogens with one attached hydrogen (secondary N) is 2. The fourth-order valence-electron chi connectivity index (χ4n) is 4.68. The number of rotatable bonds is 3. The SMILES string of the molecule is c1ccc2c(c1)Cc1c(NNc3cccc4c3Cc3ccccc3-4)cccc1-2. The van der Waals surface area contributed by atoms with Gasteiger partial charge in [0.15, 0.2) is 0 Å². The van der Waals surface area contributed by atoms with Gasteiger partial charge < -0.3 is 10.9 Å². The van der Waals surface area contributed by atoms with Gasteiger partial charge in [0.2, 0.25) is 0 Å². The second-order valence-corrected chi connectivity index (χ2v) is 7.58. The van der Waals surface area contributed by atoms with Crippen LogP contribution < -0.4 is 10.9 Å². The molecule has 4 aromatic rings. The zero-order valence-corrected chi connectivity index (χ0v) is 15.5. The molecule has 0 aliphatic heterocycles. The van der Waals surface area contributed by atoms with Gasteiger partial charge in [-0.05, 0) is 56.6 Å². The molecule has 2 aliphatic rings. The third kappa shape index (κ3) is 2.28. The minimum absolute atomic E-state index is 0.981. The summed E-state index contributed by atoms with van der Waals surface area (Å²) >= 11 is 0. The second kappa shape index (κ2) is 6.00. The lowest BCUT2D eigenvalue weighted by Crippen LogP contribution is -2.11. The summed E-state index contributed by atoms with van der Waals surface area (Å²) in [5.74, 6) is 0. The van der Waals surface area contributed by atoms with Crippen molar-refractivity contribution in [1.82, 2.24) is 0 Å². The molecule has 134 valence electrons. The Bertz CT molecular complexity index is 1130. The molecular formula is C26H20N2. The molecule has 0 aromatic heterocycles. The average Bonchev–Trinajstić information content (AvgIpc) is 3.31. The minimum atomic E-state index is 0.981. The van der Waals surface area contributed by atoms with E-state index in [4.69, 9.17) is 0 Å². The molecule has 0 amide bonds. The standard InChI is InChI=1S/C26H20N2/c1-3-9-19-17(7-1)15-23-21(19)11-5-13-25(23)27-28-26-14-6-12-22-20-10-4-2-8-18(20)16-24(22)26/h1-14,27-28H,15-16H2. The smallest absolute Gasteiger partial charge is 0.0581 e. The molecule has 2 nitrogen and oxygen atoms in total. The Hall–Kier alpha value is -3.52. The van der Waals surface area contributed by atoms with Crippen LogP contribution >= 0.6 is 0 Å². The maximum Gasteiger partial charge on any atom is 0.0581 e. The van der Waals surface area contributed by atoms with Crippen molar-refractivity contribution in [1.29, 1.82) is 0 Å². The molecule has 0 radical (unpaired) electrons. The Morgan fingerprint density at radius 3 is 1.36 bits per heavy atom. The number of fused-ring (bicyclic) bond motifs is 6. The second-order valence-electron chi connectivity index (χ2n) is 7.58. The Morgan fingerprint density at radius 2 is 0.857 bits per heavy atom. The van der Waals surface area contributed by atoms with Crippen LogP contribution in [0.25, 0.3) is 22.3 Å². The van der Waals surface area contributed by atoms with Crippen LogP contribution in [0.15, 0.2) is 84.9 Å². The van der Waals surface area contributed by atoms with E-state index in [0.717, 1.165) is 24.2 Å². The van der Waals surface area contributed by atoms with Gasteiger partial charge in [0.1, 0.15) is 0 Å². The molecule has 0 heterocycles. The normalized spacial score (nSPS) is 12.7. The summed E-state index contributed by atoms with van der Waals surface area (Å²) < 4.78 is 0. The summed E-state index contributed by atoms with van der Waals surface area (Å²) in [6.07, 6.45) is 1.96. The summed E-state index contributed by atoms with van der Waals surface area (Å²) in [6, 6.07) is 30.4. The largest absolute Gasteiger partial charge is 0.301 e. The van der Waals surface area contributed by atoms with Crippen molar-refractivity contribution in [3.05, 3.63) is 107 Å². The molecular weight excluding hydrogens is 340 g/mol. The molecule has 0 saturated heterocycles. The highest BCUT2D eigenvalue weighted by molar-refractivity contribution is 5.84. The lowest BCUT2D eigenvalue weighted by atomic mass is 10.0. The third-order valence-corrected chi connectivity index (χ3v) is 6.03. The van der Waals surface area contributed by atoms with Gasteiger partial charge in [0.05, 0.1) is 11.4 Å². The molecule has 0 saturated carbocycles. The maximum atomic E-state index is 3.50. The number of hydrazine groups is 1. The van der Waals surface area contributed by atoms with Gasteiger partial charge in [-0.25, -0.2) is 0 Å². The van der Waals surface area contributed by atoms with Crippen molar-refractivity contribution in [3.63, 3.8) is 0 Å². The minimum Gasteiger partial charge on any atom is -0.301 e. The monoisotopic (exact) mass is 360 g/mol. The molecule has 2 heteroatoms. The molecule has 0 spiro atoms. The van der Waals surface area contributed by atoms with E-state index in [2.05, 4.69) is 95.8 Å². The van der Waals surface area contributed by atoms with Crippen LogP contribution in [-0.2, 0) is 12.8 Å². The Kier molecular flexibility index (Phi) is 3.33. The van der Waals surface area contributed by atoms with E-state index in [-0.39, 0.29) is 0 Å². The van der Waals surface area contributed by atoms with E-state index in [0.29, 0.717) is 0 Å². The molecule has 0 bridgehead atoms. The van der Waals surface area contributed by atoms with Gasteiger partial charge in [-0.15, -0.1) is 0 Å². The zero-order chi connectivity index (χ0) is 18.5. The van der Waals surface area contributed by atoms with Crippen molar-refractivity contribution in [2.75, 3.05) is 10.9 Å². The zero-order valence-electron chi connectivity index (χ0n) is 15.5. The highest BCUT2D eigenvalue weighted by Gasteiger charge is 2.22. The van der Waals surface area contributed by atoms with Crippen LogP contribution in [0, 0.1) is 0 Å². The van der Waals surface area contributed by atoms with Crippen LogP contribution in [0.1, 0.15) is 22.3 Å². The first kappa shape index (κ1) is 15.5. The van der Waals surface area contributed by atoms with E-state index in [1.165, 1.54) is 44.5 Å². The Labute approximate surface area is 164 Å². The highest BCUT2D eigenvalue weighted by atomic mass is 15.4. The van der Waals surface area contributed by atoms with Crippen LogP contribution in [0.4, 0.5) is 11.4 Å². The molecule has 0 unspecified atom stereocenters. The van der Waals surface area contributed by atoms with Gasteiger partial charge in [0.25, 0.3) is 0 Å². The van der Waals surface area contributed by atoms with Gasteiger partial charge in [-0.1, -0.05) is 72.8 Å². The molecule has 6 rings (SSSR count). The molecule has 0 fully saturated rings. The number of hydrogen-bond donors (Lipinski definition) is 2. The molecule has 0 atom stereocenters. The van der Waals surface area contributed by atoms with Crippen LogP contribution in [-0.4, -0.2) is 0 Å². The predicted molar refractivity (Wildman–Crippen MR) is 117 cm³/mol. The van der Waals surface area contributed by atoms with Gasteiger partial charge in [0, 0.05) is 12.8 Å². The first-order valence-electron chi connectivity index (χ1n) is 9.81. The summed E-state index contributed by atoms with van der Waals surface area (Å²) in [7, 11) is 0. The first-order chi connectivity index (χ1) is 13.9. The lowest BCUT2D eigenvalue weighted by Gasteiger charge is -2.16. The van der Waals surface area contributed by atoms with E-state index >= 15 is 0 Å². The predicted octanol–water partition coefficient (Wildman–Crippen LogP) is 6.27. The molecule has 28 heavy (non-hydrogen) atoms. The maximum absolute atomic E-state index is 3.50. The quantitative estimate of drug-likeness (QED) is 0.364. The van der Waals surface area contributed by atoms with Gasteiger partial charge >= 0.3 is 0 Å². The van der Waals surface area contributed by atoms with E-state index in [1.807, 2.05) is 0 Å². The fourth-order valence-corrected chi connectivity index (χ4v) is 4.68. The fraction of sp³-hybridized carbons (Fsp3) is 0.0769. The van der Waals surface area contributed by atoms with Crippen molar-refractivity contribution in [3.8, 4) is 22.3 Å². The number of anilines is 2. The topological polar surface area (TPSA) is 24.1 Å². The van der Waals surface area contributed by atoms with Crippen LogP contribution in [0.3, 0.4) is 0 Å². The van der Waals surface area contributed by atoms with E-state index in [1.54, 1.807) is 0 Å². The summed E-state index contributed by atoms with van der Waals surface area (Å²) in [6.45, 7) is 0. The van der Waals surface area contributed by atoms with Crippen molar-refractivity contribution in [2.45, 2.75) is 12.8 Å². The summed E-state index contributed by atoms with van der Waals surface area (Å²) in [5.41, 5.74) is 20.3. The highest BCUT2D eigenvalue weighted by Crippen LogP contribution is 2.42. The molecule has 2 N–H and O–H groups in total. The summed E-state index contributed by atoms with van der Waals surface area (Å²) in [4.78, 5) is 0. The lowest BCUT2D eigenvalue weighted by molar-refractivity contribution is 1.22. The van der Waals surface area contributed by atoms with Gasteiger partial charge in [-0.2, -0.15) is 0 Å². The number of hydrogen-bond acceptors (Lipinski definition) is 2. The van der Waals surface area contributed by atoms with Gasteiger partial charge in [-0.3, -0.25) is 0 Å². The van der Waals surface area contributed by atoms with E-state index < -0.39 is 0 Å². The molecule has 2 aliphatic carbocycles. The van der Waals surface area contributed by atoms with Crippen molar-refractivity contribution >= 4 is 11.4 Å². The third-order valence-electron chi connectivity index (χ3n) is 6.03. The van der Waals surface area contributed by atoms with Crippen molar-refractivity contribution < 1.29 is 0 Å². The van der Waals surface area contributed by atoms with Crippen molar-refractivity contribution in [2.24, 2.45) is 0 Å². The van der Waals surface area contributed by atoms with Crippen LogP contribution in [0.5, 0.6) is 0 Å². The Balaban J connectivity index is 1.32.